The van der Waals surface area contributed by atoms with E-state index >= 15 is 0 Å². The van der Waals surface area contributed by atoms with Gasteiger partial charge in [0.15, 0.2) is 11.6 Å². The average molecular weight is 333 g/mol. The van der Waals surface area contributed by atoms with Crippen molar-refractivity contribution in [3.8, 4) is 11.4 Å². The highest BCUT2D eigenvalue weighted by Gasteiger charge is 2.19. The number of halogens is 1. The van der Waals surface area contributed by atoms with E-state index < -0.39 is 0 Å². The minimum Gasteiger partial charge on any atom is -0.338 e. The monoisotopic (exact) mass is 333 g/mol. The summed E-state index contributed by atoms with van der Waals surface area (Å²) >= 11 is 1.37. The Kier molecular flexibility index (Phi) is 4.42. The number of hydrogen-bond acceptors (Lipinski definition) is 6. The van der Waals surface area contributed by atoms with Crippen LogP contribution in [0.1, 0.15) is 43.7 Å². The van der Waals surface area contributed by atoms with Crippen LogP contribution < -0.4 is 0 Å². The molecule has 6 nitrogen and oxygen atoms in total. The van der Waals surface area contributed by atoms with Crippen molar-refractivity contribution >= 4 is 11.8 Å². The molecule has 23 heavy (non-hydrogen) atoms. The molecule has 1 atom stereocenters. The van der Waals surface area contributed by atoms with E-state index in [1.807, 2.05) is 20.8 Å². The molecule has 0 spiro atoms. The van der Waals surface area contributed by atoms with Gasteiger partial charge in [0.2, 0.25) is 11.0 Å². The maximum atomic E-state index is 13.8. The van der Waals surface area contributed by atoms with E-state index in [-0.39, 0.29) is 17.0 Å². The van der Waals surface area contributed by atoms with E-state index in [9.17, 15) is 4.39 Å². The van der Waals surface area contributed by atoms with Gasteiger partial charge in [-0.3, -0.25) is 5.10 Å². The summed E-state index contributed by atoms with van der Waals surface area (Å²) < 4.78 is 19.0. The van der Waals surface area contributed by atoms with Gasteiger partial charge in [-0.15, -0.1) is 5.10 Å². The normalized spacial score (nSPS) is 12.7. The van der Waals surface area contributed by atoms with Gasteiger partial charge in [-0.05, 0) is 19.1 Å². The molecule has 0 aliphatic carbocycles. The third-order valence-corrected chi connectivity index (χ3v) is 4.15. The first-order valence-electron chi connectivity index (χ1n) is 7.22. The predicted octanol–water partition coefficient (Wildman–Crippen LogP) is 3.97. The second kappa shape index (κ2) is 6.49. The van der Waals surface area contributed by atoms with Crippen LogP contribution in [0.2, 0.25) is 0 Å². The Balaban J connectivity index is 1.74. The largest absolute Gasteiger partial charge is 0.338 e. The van der Waals surface area contributed by atoms with E-state index in [4.69, 9.17) is 4.52 Å². The number of thioether (sulfide) groups is 1. The minimum atomic E-state index is -0.341. The summed E-state index contributed by atoms with van der Waals surface area (Å²) in [5.41, 5.74) is 0.388. The van der Waals surface area contributed by atoms with E-state index in [0.29, 0.717) is 28.3 Å². The van der Waals surface area contributed by atoms with Crippen LogP contribution in [0.15, 0.2) is 33.9 Å². The lowest BCUT2D eigenvalue weighted by molar-refractivity contribution is 0.373. The summed E-state index contributed by atoms with van der Waals surface area (Å²) in [7, 11) is 0. The molecule has 3 aromatic rings. The maximum absolute atomic E-state index is 13.8. The summed E-state index contributed by atoms with van der Waals surface area (Å²) in [6, 6.07) is 6.43. The molecule has 8 heteroatoms. The van der Waals surface area contributed by atoms with Gasteiger partial charge in [-0.1, -0.05) is 42.9 Å². The molecule has 3 rings (SSSR count). The fraction of sp³-hybridized carbons (Fsp3) is 0.333. The number of rotatable bonds is 5. The molecular weight excluding hydrogens is 317 g/mol. The van der Waals surface area contributed by atoms with E-state index in [2.05, 4.69) is 25.3 Å². The number of benzene rings is 1. The van der Waals surface area contributed by atoms with Crippen molar-refractivity contribution in [2.24, 2.45) is 0 Å². The second-order valence-electron chi connectivity index (χ2n) is 5.35. The van der Waals surface area contributed by atoms with Gasteiger partial charge < -0.3 is 4.52 Å². The number of aromatic nitrogens is 5. The fourth-order valence-corrected chi connectivity index (χ4v) is 2.68. The van der Waals surface area contributed by atoms with Crippen molar-refractivity contribution in [1.82, 2.24) is 25.3 Å². The lowest BCUT2D eigenvalue weighted by Gasteiger charge is -2.01. The second-order valence-corrected chi connectivity index (χ2v) is 6.66. The SMILES string of the molecule is CC(C)c1noc([C@H](C)Sc2n[nH]c(-c3ccccc3F)n2)n1. The highest BCUT2D eigenvalue weighted by atomic mass is 32.2. The molecule has 0 unspecified atom stereocenters. The Morgan fingerprint density at radius 1 is 1.17 bits per heavy atom. The zero-order chi connectivity index (χ0) is 16.4. The highest BCUT2D eigenvalue weighted by molar-refractivity contribution is 7.99. The lowest BCUT2D eigenvalue weighted by atomic mass is 10.2. The van der Waals surface area contributed by atoms with Crippen molar-refractivity contribution < 1.29 is 8.91 Å². The quantitative estimate of drug-likeness (QED) is 0.712. The standard InChI is InChI=1S/C15H16FN5OS/c1-8(2)12-17-14(22-21-12)9(3)23-15-18-13(19-20-15)10-6-4-5-7-11(10)16/h4-9H,1-3H3,(H,18,19,20)/t9-/m0/s1. The van der Waals surface area contributed by atoms with Crippen LogP contribution in [-0.4, -0.2) is 25.3 Å². The van der Waals surface area contributed by atoms with E-state index in [1.54, 1.807) is 18.2 Å². The van der Waals surface area contributed by atoms with Gasteiger partial charge in [0.05, 0.1) is 10.8 Å². The van der Waals surface area contributed by atoms with Crippen LogP contribution in [0, 0.1) is 5.82 Å². The molecule has 0 saturated carbocycles. The highest BCUT2D eigenvalue weighted by Crippen LogP contribution is 2.33. The lowest BCUT2D eigenvalue weighted by Crippen LogP contribution is -1.93. The first kappa shape index (κ1) is 15.7. The molecule has 0 bridgehead atoms. The summed E-state index contributed by atoms with van der Waals surface area (Å²) in [5, 5.41) is 11.2. The smallest absolute Gasteiger partial charge is 0.239 e. The van der Waals surface area contributed by atoms with Crippen LogP contribution in [-0.2, 0) is 0 Å². The van der Waals surface area contributed by atoms with Gasteiger partial charge in [-0.25, -0.2) is 9.37 Å². The number of nitrogens with zero attached hydrogens (tertiary/aromatic N) is 4. The zero-order valence-corrected chi connectivity index (χ0v) is 13.8. The molecular formula is C15H16FN5OS. The molecule has 120 valence electrons. The number of aromatic amines is 1. The van der Waals surface area contributed by atoms with Crippen LogP contribution in [0.25, 0.3) is 11.4 Å². The Bertz CT molecular complexity index is 801. The summed E-state index contributed by atoms with van der Waals surface area (Å²) in [4.78, 5) is 8.68. The zero-order valence-electron chi connectivity index (χ0n) is 12.9. The number of hydrogen-bond donors (Lipinski definition) is 1. The predicted molar refractivity (Wildman–Crippen MR) is 84.4 cm³/mol. The first-order chi connectivity index (χ1) is 11.0. The van der Waals surface area contributed by atoms with Crippen molar-refractivity contribution in [3.05, 3.63) is 41.8 Å². The van der Waals surface area contributed by atoms with Gasteiger partial charge in [0.1, 0.15) is 5.82 Å². The maximum Gasteiger partial charge on any atom is 0.239 e. The van der Waals surface area contributed by atoms with E-state index in [1.165, 1.54) is 17.8 Å². The summed E-state index contributed by atoms with van der Waals surface area (Å²) in [5.74, 6) is 1.46. The van der Waals surface area contributed by atoms with Crippen molar-refractivity contribution in [2.45, 2.75) is 37.1 Å². The molecule has 1 N–H and O–H groups in total. The van der Waals surface area contributed by atoms with Crippen molar-refractivity contribution in [3.63, 3.8) is 0 Å². The first-order valence-corrected chi connectivity index (χ1v) is 8.10. The molecule has 0 aliphatic heterocycles. The molecule has 0 aliphatic rings. The number of nitrogens with one attached hydrogen (secondary N) is 1. The average Bonchev–Trinajstić information content (AvgIpc) is 3.16. The summed E-state index contributed by atoms with van der Waals surface area (Å²) in [6.07, 6.45) is 0. The van der Waals surface area contributed by atoms with Crippen LogP contribution in [0.3, 0.4) is 0 Å². The van der Waals surface area contributed by atoms with Gasteiger partial charge in [-0.2, -0.15) is 4.98 Å². The Labute approximate surface area is 136 Å². The van der Waals surface area contributed by atoms with Crippen LogP contribution in [0.5, 0.6) is 0 Å². The van der Waals surface area contributed by atoms with Crippen LogP contribution in [0.4, 0.5) is 4.39 Å². The molecule has 1 aromatic carbocycles. The molecule has 0 fully saturated rings. The fourth-order valence-electron chi connectivity index (χ4n) is 1.93. The molecule has 2 aromatic heterocycles. The van der Waals surface area contributed by atoms with Gasteiger partial charge in [0.25, 0.3) is 0 Å². The van der Waals surface area contributed by atoms with Crippen LogP contribution >= 0.6 is 11.8 Å². The molecule has 0 radical (unpaired) electrons. The minimum absolute atomic E-state index is 0.0979. The Hall–Kier alpha value is -2.22. The molecule has 2 heterocycles. The third kappa shape index (κ3) is 3.42. The van der Waals surface area contributed by atoms with Gasteiger partial charge in [0, 0.05) is 5.92 Å². The third-order valence-electron chi connectivity index (χ3n) is 3.20. The van der Waals surface area contributed by atoms with Crippen molar-refractivity contribution in [2.75, 3.05) is 0 Å². The molecule has 0 saturated heterocycles. The van der Waals surface area contributed by atoms with Gasteiger partial charge >= 0.3 is 0 Å². The Morgan fingerprint density at radius 3 is 2.65 bits per heavy atom. The topological polar surface area (TPSA) is 80.5 Å². The van der Waals surface area contributed by atoms with E-state index in [0.717, 1.165) is 0 Å². The molecule has 0 amide bonds. The number of H-pyrrole nitrogens is 1. The Morgan fingerprint density at radius 2 is 1.96 bits per heavy atom. The van der Waals surface area contributed by atoms with Crippen molar-refractivity contribution in [1.29, 1.82) is 0 Å². The summed E-state index contributed by atoms with van der Waals surface area (Å²) in [6.45, 7) is 5.94.